The molecule has 25 heavy (non-hydrogen) atoms. The van der Waals surface area contributed by atoms with Gasteiger partial charge in [0.1, 0.15) is 5.76 Å². The van der Waals surface area contributed by atoms with Crippen molar-refractivity contribution in [1.82, 2.24) is 14.5 Å². The molecule has 4 rings (SSSR count). The van der Waals surface area contributed by atoms with Crippen LogP contribution in [0.2, 0.25) is 0 Å². The number of rotatable bonds is 6. The number of hydrogen-bond acceptors (Lipinski definition) is 4. The largest absolute Gasteiger partial charge is 0.469 e. The molecule has 0 aromatic carbocycles. The molecular formula is C19H25N3O3. The lowest BCUT2D eigenvalue weighted by Gasteiger charge is -2.34. The number of imidazole rings is 1. The normalized spacial score (nSPS) is 20.8. The molecule has 134 valence electrons. The zero-order valence-electron chi connectivity index (χ0n) is 14.5. The van der Waals surface area contributed by atoms with Gasteiger partial charge in [-0.2, -0.15) is 0 Å². The van der Waals surface area contributed by atoms with E-state index >= 15 is 0 Å². The summed E-state index contributed by atoms with van der Waals surface area (Å²) in [5.41, 5.74) is 1.06. The van der Waals surface area contributed by atoms with Gasteiger partial charge in [0.2, 0.25) is 5.91 Å². The summed E-state index contributed by atoms with van der Waals surface area (Å²) in [6.07, 6.45) is 10.8. The van der Waals surface area contributed by atoms with Crippen LogP contribution in [0.5, 0.6) is 0 Å². The van der Waals surface area contributed by atoms with E-state index in [-0.39, 0.29) is 11.9 Å². The Morgan fingerprint density at radius 1 is 1.32 bits per heavy atom. The Bertz CT molecular complexity index is 689. The predicted octanol–water partition coefficient (Wildman–Crippen LogP) is 2.81. The highest BCUT2D eigenvalue weighted by Gasteiger charge is 2.28. The van der Waals surface area contributed by atoms with E-state index in [2.05, 4.69) is 9.55 Å². The molecule has 0 saturated heterocycles. The molecule has 2 aromatic rings. The van der Waals surface area contributed by atoms with E-state index in [0.717, 1.165) is 12.3 Å². The highest BCUT2D eigenvalue weighted by Crippen LogP contribution is 2.26. The highest BCUT2D eigenvalue weighted by atomic mass is 16.5. The molecule has 1 aliphatic carbocycles. The second kappa shape index (κ2) is 7.44. The zero-order chi connectivity index (χ0) is 17.1. The van der Waals surface area contributed by atoms with Gasteiger partial charge in [-0.1, -0.05) is 12.8 Å². The van der Waals surface area contributed by atoms with Crippen molar-refractivity contribution < 1.29 is 13.9 Å². The number of ether oxygens (including phenoxy) is 1. The summed E-state index contributed by atoms with van der Waals surface area (Å²) in [6, 6.07) is 3.79. The fraction of sp³-hybridized carbons (Fsp3) is 0.579. The Labute approximate surface area is 147 Å². The minimum absolute atomic E-state index is 0.0863. The molecule has 0 bridgehead atoms. The van der Waals surface area contributed by atoms with Gasteiger partial charge >= 0.3 is 0 Å². The molecule has 1 amide bonds. The van der Waals surface area contributed by atoms with Crippen LogP contribution >= 0.6 is 0 Å². The van der Waals surface area contributed by atoms with Crippen molar-refractivity contribution in [1.29, 1.82) is 0 Å². The van der Waals surface area contributed by atoms with Gasteiger partial charge in [-0.15, -0.1) is 0 Å². The Hall–Kier alpha value is -2.08. The van der Waals surface area contributed by atoms with Crippen LogP contribution in [0, 0.1) is 5.92 Å². The lowest BCUT2D eigenvalue weighted by Crippen LogP contribution is -2.42. The average Bonchev–Trinajstić information content (AvgIpc) is 3.37. The molecule has 1 atom stereocenters. The summed E-state index contributed by atoms with van der Waals surface area (Å²) < 4.78 is 13.5. The summed E-state index contributed by atoms with van der Waals surface area (Å²) in [5, 5.41) is 0. The minimum atomic E-state index is 0.0863. The topological polar surface area (TPSA) is 60.5 Å². The first-order valence-electron chi connectivity index (χ1n) is 9.18. The number of fused-ring (bicyclic) bond motifs is 1. The fourth-order valence-electron chi connectivity index (χ4n) is 3.93. The summed E-state index contributed by atoms with van der Waals surface area (Å²) >= 11 is 0. The SMILES string of the molecule is O=C(Cc1ccco1)N1Cc2cncn2C(COCC2CCCC2)C1. The van der Waals surface area contributed by atoms with Crippen molar-refractivity contribution >= 4 is 5.91 Å². The monoisotopic (exact) mass is 343 g/mol. The second-order valence-electron chi connectivity index (χ2n) is 7.16. The third-order valence-electron chi connectivity index (χ3n) is 5.32. The summed E-state index contributed by atoms with van der Waals surface area (Å²) in [6.45, 7) is 2.72. The van der Waals surface area contributed by atoms with Crippen molar-refractivity contribution in [3.63, 3.8) is 0 Å². The van der Waals surface area contributed by atoms with E-state index < -0.39 is 0 Å². The van der Waals surface area contributed by atoms with Crippen LogP contribution in [0.25, 0.3) is 0 Å². The van der Waals surface area contributed by atoms with E-state index in [1.807, 2.05) is 29.6 Å². The van der Waals surface area contributed by atoms with Gasteiger partial charge in [-0.25, -0.2) is 4.98 Å². The molecule has 1 unspecified atom stereocenters. The van der Waals surface area contributed by atoms with Gasteiger partial charge in [-0.3, -0.25) is 4.79 Å². The van der Waals surface area contributed by atoms with Gasteiger partial charge in [0.05, 0.1) is 43.9 Å². The molecule has 0 spiro atoms. The van der Waals surface area contributed by atoms with Crippen LogP contribution in [0.15, 0.2) is 35.3 Å². The van der Waals surface area contributed by atoms with Crippen LogP contribution in [0.4, 0.5) is 0 Å². The molecule has 1 fully saturated rings. The van der Waals surface area contributed by atoms with Crippen LogP contribution in [0.1, 0.15) is 43.2 Å². The van der Waals surface area contributed by atoms with E-state index in [0.29, 0.717) is 37.8 Å². The van der Waals surface area contributed by atoms with Crippen molar-refractivity contribution in [2.75, 3.05) is 19.8 Å². The average molecular weight is 343 g/mol. The lowest BCUT2D eigenvalue weighted by atomic mass is 10.1. The molecule has 1 aliphatic heterocycles. The van der Waals surface area contributed by atoms with E-state index in [4.69, 9.17) is 9.15 Å². The molecule has 0 radical (unpaired) electrons. The van der Waals surface area contributed by atoms with Crippen molar-refractivity contribution in [2.45, 2.75) is 44.7 Å². The molecule has 2 aliphatic rings. The Kier molecular flexibility index (Phi) is 4.88. The number of aromatic nitrogens is 2. The first kappa shape index (κ1) is 16.4. The smallest absolute Gasteiger partial charge is 0.230 e. The second-order valence-corrected chi connectivity index (χ2v) is 7.16. The van der Waals surface area contributed by atoms with Crippen molar-refractivity contribution in [2.24, 2.45) is 5.92 Å². The Balaban J connectivity index is 1.37. The maximum absolute atomic E-state index is 12.6. The number of amides is 1. The number of carbonyl (C=O) groups is 1. The molecule has 3 heterocycles. The predicted molar refractivity (Wildman–Crippen MR) is 91.9 cm³/mol. The quantitative estimate of drug-likeness (QED) is 0.809. The van der Waals surface area contributed by atoms with Gasteiger partial charge in [0, 0.05) is 19.3 Å². The van der Waals surface area contributed by atoms with Gasteiger partial charge in [0.15, 0.2) is 0 Å². The highest BCUT2D eigenvalue weighted by molar-refractivity contribution is 5.78. The first-order chi connectivity index (χ1) is 12.3. The molecular weight excluding hydrogens is 318 g/mol. The van der Waals surface area contributed by atoms with E-state index in [1.54, 1.807) is 6.26 Å². The first-order valence-corrected chi connectivity index (χ1v) is 9.18. The molecule has 1 saturated carbocycles. The maximum Gasteiger partial charge on any atom is 0.230 e. The van der Waals surface area contributed by atoms with Gasteiger partial charge in [0.25, 0.3) is 0 Å². The number of carbonyl (C=O) groups excluding carboxylic acids is 1. The van der Waals surface area contributed by atoms with Crippen LogP contribution < -0.4 is 0 Å². The molecule has 2 aromatic heterocycles. The van der Waals surface area contributed by atoms with E-state index in [9.17, 15) is 4.79 Å². The van der Waals surface area contributed by atoms with Gasteiger partial charge < -0.3 is 18.6 Å². The van der Waals surface area contributed by atoms with Gasteiger partial charge in [-0.05, 0) is 30.9 Å². The molecule has 0 N–H and O–H groups in total. The number of hydrogen-bond donors (Lipinski definition) is 0. The molecule has 6 nitrogen and oxygen atoms in total. The number of furan rings is 1. The minimum Gasteiger partial charge on any atom is -0.469 e. The third-order valence-corrected chi connectivity index (χ3v) is 5.32. The maximum atomic E-state index is 12.6. The van der Waals surface area contributed by atoms with Crippen molar-refractivity contribution in [3.05, 3.63) is 42.4 Å². The zero-order valence-corrected chi connectivity index (χ0v) is 14.5. The lowest BCUT2D eigenvalue weighted by molar-refractivity contribution is -0.133. The van der Waals surface area contributed by atoms with E-state index in [1.165, 1.54) is 25.7 Å². The Morgan fingerprint density at radius 3 is 3.00 bits per heavy atom. The summed E-state index contributed by atoms with van der Waals surface area (Å²) in [4.78, 5) is 18.8. The number of nitrogens with zero attached hydrogens (tertiary/aromatic N) is 3. The summed E-state index contributed by atoms with van der Waals surface area (Å²) in [5.74, 6) is 1.50. The van der Waals surface area contributed by atoms with Crippen LogP contribution in [0.3, 0.4) is 0 Å². The van der Waals surface area contributed by atoms with Crippen LogP contribution in [-0.2, 0) is 22.5 Å². The molecule has 6 heteroatoms. The van der Waals surface area contributed by atoms with Crippen molar-refractivity contribution in [3.8, 4) is 0 Å². The summed E-state index contributed by atoms with van der Waals surface area (Å²) in [7, 11) is 0. The van der Waals surface area contributed by atoms with Crippen LogP contribution in [-0.4, -0.2) is 40.1 Å². The third kappa shape index (κ3) is 3.79. The standard InChI is InChI=1S/C19H25N3O3/c23-19(8-18-6-3-7-25-18)21-10-16-9-20-14-22(16)17(11-21)13-24-12-15-4-1-2-5-15/h3,6-7,9,14-15,17H,1-2,4-5,8,10-13H2. The Morgan fingerprint density at radius 2 is 2.20 bits per heavy atom. The fourth-order valence-corrected chi connectivity index (χ4v) is 3.93.